The van der Waals surface area contributed by atoms with E-state index in [-0.39, 0.29) is 0 Å². The summed E-state index contributed by atoms with van der Waals surface area (Å²) >= 11 is 0. The normalized spacial score (nSPS) is 18.4. The third kappa shape index (κ3) is 1.06. The highest BCUT2D eigenvalue weighted by molar-refractivity contribution is 5.50. The van der Waals surface area contributed by atoms with E-state index in [0.717, 1.165) is 0 Å². The second kappa shape index (κ2) is 3.12. The van der Waals surface area contributed by atoms with Crippen molar-refractivity contribution >= 4 is 0 Å². The summed E-state index contributed by atoms with van der Waals surface area (Å²) in [4.78, 5) is 0. The smallest absolute Gasteiger partial charge is 0.0270 e. The Bertz CT molecular complexity index is 342. The van der Waals surface area contributed by atoms with E-state index in [2.05, 4.69) is 13.0 Å². The van der Waals surface area contributed by atoms with Crippen molar-refractivity contribution < 1.29 is 0 Å². The van der Waals surface area contributed by atoms with Crippen LogP contribution in [0.4, 0.5) is 0 Å². The van der Waals surface area contributed by atoms with E-state index in [9.17, 15) is 0 Å². The molecule has 2 aliphatic carbocycles. The second-order valence-electron chi connectivity index (χ2n) is 4.69. The molecule has 0 saturated carbocycles. The van der Waals surface area contributed by atoms with Gasteiger partial charge in [0.1, 0.15) is 0 Å². The van der Waals surface area contributed by atoms with Gasteiger partial charge in [-0.15, -0.1) is 0 Å². The van der Waals surface area contributed by atoms with E-state index in [1.807, 2.05) is 0 Å². The minimum atomic E-state index is 1.26. The quantitative estimate of drug-likeness (QED) is 0.631. The Hall–Kier alpha value is -0.780. The molecule has 14 heavy (non-hydrogen) atoms. The van der Waals surface area contributed by atoms with Crippen molar-refractivity contribution in [2.45, 2.75) is 51.9 Å². The fraction of sp³-hybridized carbons (Fsp3) is 0.571. The molecule has 1 aromatic carbocycles. The van der Waals surface area contributed by atoms with Crippen LogP contribution >= 0.6 is 0 Å². The molecule has 0 radical (unpaired) electrons. The molecule has 0 spiro atoms. The van der Waals surface area contributed by atoms with Gasteiger partial charge in [0.15, 0.2) is 0 Å². The van der Waals surface area contributed by atoms with Crippen LogP contribution in [0.3, 0.4) is 0 Å². The van der Waals surface area contributed by atoms with Crippen molar-refractivity contribution in [1.29, 1.82) is 0 Å². The molecule has 0 nitrogen and oxygen atoms in total. The van der Waals surface area contributed by atoms with Crippen LogP contribution in [-0.2, 0) is 32.1 Å². The van der Waals surface area contributed by atoms with E-state index < -0.39 is 0 Å². The maximum atomic E-state index is 2.52. The molecular weight excluding hydrogens is 168 g/mol. The highest BCUT2D eigenvalue weighted by Crippen LogP contribution is 2.35. The van der Waals surface area contributed by atoms with Gasteiger partial charge in [0.2, 0.25) is 0 Å². The molecule has 0 fully saturated rings. The molecule has 0 N–H and O–H groups in total. The molecule has 0 aromatic heterocycles. The van der Waals surface area contributed by atoms with Gasteiger partial charge in [-0.2, -0.15) is 0 Å². The van der Waals surface area contributed by atoms with Gasteiger partial charge in [-0.05, 0) is 72.8 Å². The Labute approximate surface area is 86.3 Å². The van der Waals surface area contributed by atoms with Crippen LogP contribution < -0.4 is 0 Å². The highest BCUT2D eigenvalue weighted by Gasteiger charge is 2.22. The van der Waals surface area contributed by atoms with Gasteiger partial charge < -0.3 is 0 Å². The van der Waals surface area contributed by atoms with Crippen molar-refractivity contribution in [1.82, 2.24) is 0 Å². The zero-order chi connectivity index (χ0) is 9.54. The van der Waals surface area contributed by atoms with Gasteiger partial charge in [-0.3, -0.25) is 0 Å². The van der Waals surface area contributed by atoms with Crippen LogP contribution in [0.1, 0.15) is 47.6 Å². The summed E-state index contributed by atoms with van der Waals surface area (Å²) in [7, 11) is 0. The van der Waals surface area contributed by atoms with Crippen LogP contribution in [0.2, 0.25) is 0 Å². The molecule has 0 heterocycles. The molecule has 3 rings (SSSR count). The lowest BCUT2D eigenvalue weighted by Gasteiger charge is -2.13. The molecule has 0 bridgehead atoms. The summed E-state index contributed by atoms with van der Waals surface area (Å²) in [5, 5.41) is 0. The Morgan fingerprint density at radius 2 is 1.50 bits per heavy atom. The number of rotatable bonds is 1. The fourth-order valence-electron chi connectivity index (χ4n) is 3.36. The zero-order valence-corrected chi connectivity index (χ0v) is 9.03. The molecule has 0 atom stereocenters. The van der Waals surface area contributed by atoms with Crippen molar-refractivity contribution in [3.05, 3.63) is 33.9 Å². The monoisotopic (exact) mass is 186 g/mol. The van der Waals surface area contributed by atoms with E-state index in [4.69, 9.17) is 0 Å². The summed E-state index contributed by atoms with van der Waals surface area (Å²) in [5.41, 5.74) is 8.55. The molecule has 74 valence electrons. The molecule has 0 amide bonds. The number of aryl methyl sites for hydroxylation is 2. The van der Waals surface area contributed by atoms with Gasteiger partial charge in [0, 0.05) is 0 Å². The largest absolute Gasteiger partial charge is 0.0613 e. The molecule has 0 heteroatoms. The van der Waals surface area contributed by atoms with Crippen LogP contribution in [0.25, 0.3) is 0 Å². The number of hydrogen-bond acceptors (Lipinski definition) is 0. The minimum absolute atomic E-state index is 1.26. The van der Waals surface area contributed by atoms with Crippen molar-refractivity contribution in [2.24, 2.45) is 0 Å². The minimum Gasteiger partial charge on any atom is -0.0613 e. The maximum Gasteiger partial charge on any atom is -0.0270 e. The average Bonchev–Trinajstić information content (AvgIpc) is 2.80. The lowest BCUT2D eigenvalue weighted by atomic mass is 9.93. The third-order valence-electron chi connectivity index (χ3n) is 3.95. The molecule has 2 aliphatic rings. The number of fused-ring (bicyclic) bond motifs is 2. The Morgan fingerprint density at radius 1 is 0.929 bits per heavy atom. The molecule has 0 aliphatic heterocycles. The van der Waals surface area contributed by atoms with Gasteiger partial charge in [0.25, 0.3) is 0 Å². The van der Waals surface area contributed by atoms with Gasteiger partial charge >= 0.3 is 0 Å². The van der Waals surface area contributed by atoms with E-state index in [0.29, 0.717) is 0 Å². The first-order valence-electron chi connectivity index (χ1n) is 6.05. The highest BCUT2D eigenvalue weighted by atomic mass is 14.3. The zero-order valence-electron chi connectivity index (χ0n) is 9.03. The SMILES string of the molecule is CCc1c2c(cc3c1CCC3)CCC2. The topological polar surface area (TPSA) is 0 Å². The summed E-state index contributed by atoms with van der Waals surface area (Å²) < 4.78 is 0. The van der Waals surface area contributed by atoms with Crippen LogP contribution in [-0.4, -0.2) is 0 Å². The molecule has 1 aromatic rings. The first-order valence-corrected chi connectivity index (χ1v) is 6.05. The van der Waals surface area contributed by atoms with Gasteiger partial charge in [-0.25, -0.2) is 0 Å². The van der Waals surface area contributed by atoms with E-state index >= 15 is 0 Å². The standard InChI is InChI=1S/C14H18/c1-2-12-13-7-3-5-10(13)9-11-6-4-8-14(11)12/h9H,2-8H2,1H3. The van der Waals surface area contributed by atoms with Crippen molar-refractivity contribution in [2.75, 3.05) is 0 Å². The third-order valence-corrected chi connectivity index (χ3v) is 3.95. The summed E-state index contributed by atoms with van der Waals surface area (Å²) in [6.45, 7) is 2.33. The Morgan fingerprint density at radius 3 is 2.00 bits per heavy atom. The van der Waals surface area contributed by atoms with Crippen molar-refractivity contribution in [3.63, 3.8) is 0 Å². The predicted octanol–water partition coefficient (Wildman–Crippen LogP) is 3.23. The maximum absolute atomic E-state index is 2.52. The first kappa shape index (κ1) is 8.52. The molecule has 0 saturated heterocycles. The Kier molecular flexibility index (Phi) is 1.90. The summed E-state index contributed by atoms with van der Waals surface area (Å²) in [5.74, 6) is 0. The van der Waals surface area contributed by atoms with Crippen LogP contribution in [0.15, 0.2) is 6.07 Å². The van der Waals surface area contributed by atoms with Crippen LogP contribution in [0, 0.1) is 0 Å². The van der Waals surface area contributed by atoms with Crippen molar-refractivity contribution in [3.8, 4) is 0 Å². The molecular formula is C14H18. The lowest BCUT2D eigenvalue weighted by Crippen LogP contribution is -1.99. The van der Waals surface area contributed by atoms with Crippen LogP contribution in [0.5, 0.6) is 0 Å². The predicted molar refractivity (Wildman–Crippen MR) is 59.9 cm³/mol. The Balaban J connectivity index is 2.24. The second-order valence-corrected chi connectivity index (χ2v) is 4.69. The average molecular weight is 186 g/mol. The lowest BCUT2D eigenvalue weighted by molar-refractivity contribution is 0.885. The van der Waals surface area contributed by atoms with E-state index in [1.54, 1.807) is 27.8 Å². The number of benzene rings is 1. The van der Waals surface area contributed by atoms with Gasteiger partial charge in [0.05, 0.1) is 0 Å². The summed E-state index contributed by atoms with van der Waals surface area (Å²) in [6.07, 6.45) is 9.44. The first-order chi connectivity index (χ1) is 6.90. The number of hydrogen-bond donors (Lipinski definition) is 0. The summed E-state index contributed by atoms with van der Waals surface area (Å²) in [6, 6.07) is 2.52. The molecule has 0 unspecified atom stereocenters. The van der Waals surface area contributed by atoms with Gasteiger partial charge in [-0.1, -0.05) is 13.0 Å². The van der Waals surface area contributed by atoms with E-state index in [1.165, 1.54) is 44.9 Å². The fourth-order valence-corrected chi connectivity index (χ4v) is 3.36.